The summed E-state index contributed by atoms with van der Waals surface area (Å²) >= 11 is 3.44. The quantitative estimate of drug-likeness (QED) is 0.776. The molecule has 0 aromatic carbocycles. The standard InChI is InChI=1S/C16H23BrN6O2/c1-16(2,3)25-15(24)22-6-4-5-21(7-8-22)13-9-12(18)23-14(20-13)11(17)10-19-23/h9-10H,4-8,18H2,1-3H3. The SMILES string of the molecule is CC(C)(C)OC(=O)N1CCCN(c2cc(N)n3ncc(Br)c3n2)CC1. The molecule has 1 aliphatic rings. The average Bonchev–Trinajstić information content (AvgIpc) is 2.74. The molecular formula is C16H23BrN6O2. The van der Waals surface area contributed by atoms with Crippen LogP contribution in [0.1, 0.15) is 27.2 Å². The highest BCUT2D eigenvalue weighted by molar-refractivity contribution is 9.10. The molecule has 0 aliphatic carbocycles. The van der Waals surface area contributed by atoms with Crippen molar-refractivity contribution in [1.82, 2.24) is 19.5 Å². The summed E-state index contributed by atoms with van der Waals surface area (Å²) in [5, 5.41) is 4.19. The van der Waals surface area contributed by atoms with Crippen LogP contribution in [0, 0.1) is 0 Å². The minimum absolute atomic E-state index is 0.268. The third-order valence-corrected chi connectivity index (χ3v) is 4.47. The molecule has 2 N–H and O–H groups in total. The summed E-state index contributed by atoms with van der Waals surface area (Å²) in [5.41, 5.74) is 6.29. The average molecular weight is 411 g/mol. The van der Waals surface area contributed by atoms with Gasteiger partial charge in [-0.1, -0.05) is 0 Å². The minimum Gasteiger partial charge on any atom is -0.444 e. The Bertz CT molecular complexity index is 785. The number of nitrogen functional groups attached to an aromatic ring is 1. The maximum Gasteiger partial charge on any atom is 0.410 e. The first-order valence-corrected chi connectivity index (χ1v) is 9.06. The van der Waals surface area contributed by atoms with Gasteiger partial charge in [-0.15, -0.1) is 0 Å². The van der Waals surface area contributed by atoms with Gasteiger partial charge in [-0.2, -0.15) is 9.61 Å². The van der Waals surface area contributed by atoms with Gasteiger partial charge in [0.15, 0.2) is 5.65 Å². The lowest BCUT2D eigenvalue weighted by Crippen LogP contribution is -2.39. The number of amides is 1. The van der Waals surface area contributed by atoms with E-state index in [-0.39, 0.29) is 6.09 Å². The molecule has 1 amide bonds. The van der Waals surface area contributed by atoms with E-state index in [9.17, 15) is 4.79 Å². The number of carbonyl (C=O) groups excluding carboxylic acids is 1. The molecule has 1 fully saturated rings. The van der Waals surface area contributed by atoms with E-state index in [0.29, 0.717) is 31.1 Å². The van der Waals surface area contributed by atoms with E-state index in [4.69, 9.17) is 10.5 Å². The summed E-state index contributed by atoms with van der Waals surface area (Å²) in [5.74, 6) is 1.32. The number of rotatable bonds is 1. The second-order valence-corrected chi connectivity index (χ2v) is 7.93. The molecule has 0 atom stereocenters. The van der Waals surface area contributed by atoms with E-state index in [1.54, 1.807) is 15.6 Å². The second kappa shape index (κ2) is 6.70. The van der Waals surface area contributed by atoms with Crippen molar-refractivity contribution in [2.45, 2.75) is 32.8 Å². The zero-order valence-electron chi connectivity index (χ0n) is 14.7. The number of nitrogens with two attached hydrogens (primary N) is 1. The second-order valence-electron chi connectivity index (χ2n) is 7.08. The number of aromatic nitrogens is 3. The molecule has 3 rings (SSSR count). The van der Waals surface area contributed by atoms with Crippen LogP contribution in [0.2, 0.25) is 0 Å². The van der Waals surface area contributed by atoms with Crippen molar-refractivity contribution >= 4 is 39.3 Å². The summed E-state index contributed by atoms with van der Waals surface area (Å²) in [4.78, 5) is 20.8. The van der Waals surface area contributed by atoms with E-state index >= 15 is 0 Å². The Morgan fingerprint density at radius 1 is 1.28 bits per heavy atom. The Labute approximate surface area is 155 Å². The maximum atomic E-state index is 12.3. The number of carbonyl (C=O) groups is 1. The highest BCUT2D eigenvalue weighted by atomic mass is 79.9. The van der Waals surface area contributed by atoms with Crippen LogP contribution in [0.5, 0.6) is 0 Å². The highest BCUT2D eigenvalue weighted by Crippen LogP contribution is 2.23. The van der Waals surface area contributed by atoms with Crippen LogP contribution < -0.4 is 10.6 Å². The van der Waals surface area contributed by atoms with Crippen molar-refractivity contribution in [3.8, 4) is 0 Å². The Morgan fingerprint density at radius 3 is 2.76 bits per heavy atom. The first-order chi connectivity index (χ1) is 11.7. The Hall–Kier alpha value is -2.03. The fraction of sp³-hybridized carbons (Fsp3) is 0.562. The fourth-order valence-corrected chi connectivity index (χ4v) is 3.11. The van der Waals surface area contributed by atoms with Crippen molar-refractivity contribution in [3.05, 3.63) is 16.7 Å². The Kier molecular flexibility index (Phi) is 4.77. The van der Waals surface area contributed by atoms with Crippen molar-refractivity contribution < 1.29 is 9.53 Å². The molecule has 1 saturated heterocycles. The number of hydrogen-bond donors (Lipinski definition) is 1. The van der Waals surface area contributed by atoms with Gasteiger partial charge in [0.25, 0.3) is 0 Å². The minimum atomic E-state index is -0.488. The number of nitrogens with zero attached hydrogens (tertiary/aromatic N) is 5. The summed E-state index contributed by atoms with van der Waals surface area (Å²) in [6, 6.07) is 1.82. The van der Waals surface area contributed by atoms with Gasteiger partial charge in [0.2, 0.25) is 0 Å². The molecule has 2 aromatic heterocycles. The van der Waals surface area contributed by atoms with Crippen molar-refractivity contribution in [2.75, 3.05) is 36.8 Å². The molecule has 9 heteroatoms. The largest absolute Gasteiger partial charge is 0.444 e. The van der Waals surface area contributed by atoms with E-state index in [1.807, 2.05) is 26.8 Å². The molecule has 8 nitrogen and oxygen atoms in total. The first kappa shape index (κ1) is 17.8. The predicted molar refractivity (Wildman–Crippen MR) is 99.7 cm³/mol. The summed E-state index contributed by atoms with van der Waals surface area (Å²) in [7, 11) is 0. The molecule has 0 spiro atoms. The summed E-state index contributed by atoms with van der Waals surface area (Å²) in [6.07, 6.45) is 2.25. The predicted octanol–water partition coefficient (Wildman–Crippen LogP) is 2.52. The lowest BCUT2D eigenvalue weighted by molar-refractivity contribution is 0.0263. The first-order valence-electron chi connectivity index (χ1n) is 8.27. The zero-order valence-corrected chi connectivity index (χ0v) is 16.3. The van der Waals surface area contributed by atoms with Crippen LogP contribution in [-0.4, -0.2) is 57.4 Å². The van der Waals surface area contributed by atoms with Gasteiger partial charge < -0.3 is 20.3 Å². The molecule has 25 heavy (non-hydrogen) atoms. The van der Waals surface area contributed by atoms with E-state index < -0.39 is 5.60 Å². The van der Waals surface area contributed by atoms with E-state index in [1.165, 1.54) is 0 Å². The molecule has 3 heterocycles. The topological polar surface area (TPSA) is 89.0 Å². The molecule has 0 bridgehead atoms. The molecule has 0 saturated carbocycles. The number of fused-ring (bicyclic) bond motifs is 1. The van der Waals surface area contributed by atoms with Crippen LogP contribution in [0.4, 0.5) is 16.4 Å². The van der Waals surface area contributed by atoms with Gasteiger partial charge in [-0.25, -0.2) is 9.78 Å². The van der Waals surface area contributed by atoms with Crippen LogP contribution in [0.3, 0.4) is 0 Å². The zero-order chi connectivity index (χ0) is 18.2. The highest BCUT2D eigenvalue weighted by Gasteiger charge is 2.25. The molecule has 0 radical (unpaired) electrons. The lowest BCUT2D eigenvalue weighted by Gasteiger charge is -2.26. The molecule has 1 aliphatic heterocycles. The van der Waals surface area contributed by atoms with Crippen molar-refractivity contribution in [3.63, 3.8) is 0 Å². The normalized spacial score (nSPS) is 16.2. The van der Waals surface area contributed by atoms with Crippen LogP contribution in [0.15, 0.2) is 16.7 Å². The summed E-state index contributed by atoms with van der Waals surface area (Å²) < 4.78 is 7.86. The van der Waals surface area contributed by atoms with Crippen molar-refractivity contribution in [2.24, 2.45) is 0 Å². The molecule has 2 aromatic rings. The molecule has 136 valence electrons. The van der Waals surface area contributed by atoms with Gasteiger partial charge in [0.1, 0.15) is 17.2 Å². The number of ether oxygens (including phenoxy) is 1. The van der Waals surface area contributed by atoms with Gasteiger partial charge in [-0.05, 0) is 43.1 Å². The maximum absolute atomic E-state index is 12.3. The van der Waals surface area contributed by atoms with Gasteiger partial charge in [0.05, 0.1) is 10.7 Å². The number of anilines is 2. The summed E-state index contributed by atoms with van der Waals surface area (Å²) in [6.45, 7) is 8.35. The lowest BCUT2D eigenvalue weighted by atomic mass is 10.2. The van der Waals surface area contributed by atoms with Crippen LogP contribution >= 0.6 is 15.9 Å². The molecular weight excluding hydrogens is 388 g/mol. The van der Waals surface area contributed by atoms with Gasteiger partial charge in [-0.3, -0.25) is 0 Å². The van der Waals surface area contributed by atoms with Gasteiger partial charge >= 0.3 is 6.09 Å². The fourth-order valence-electron chi connectivity index (χ4n) is 2.76. The monoisotopic (exact) mass is 410 g/mol. The van der Waals surface area contributed by atoms with Crippen molar-refractivity contribution in [1.29, 1.82) is 0 Å². The Morgan fingerprint density at radius 2 is 2.04 bits per heavy atom. The number of halogens is 1. The smallest absolute Gasteiger partial charge is 0.410 e. The van der Waals surface area contributed by atoms with E-state index in [0.717, 1.165) is 23.3 Å². The Balaban J connectivity index is 1.75. The third kappa shape index (κ3) is 3.97. The number of hydrogen-bond acceptors (Lipinski definition) is 6. The van der Waals surface area contributed by atoms with Crippen LogP contribution in [-0.2, 0) is 4.74 Å². The van der Waals surface area contributed by atoms with E-state index in [2.05, 4.69) is 30.9 Å². The van der Waals surface area contributed by atoms with Gasteiger partial charge in [0, 0.05) is 32.2 Å². The molecule has 0 unspecified atom stereocenters. The third-order valence-electron chi connectivity index (χ3n) is 3.91. The van der Waals surface area contributed by atoms with Crippen LogP contribution in [0.25, 0.3) is 5.65 Å².